The van der Waals surface area contributed by atoms with Gasteiger partial charge in [-0.15, -0.1) is 0 Å². The minimum atomic E-state index is -3.63. The summed E-state index contributed by atoms with van der Waals surface area (Å²) in [5.74, 6) is 0.288. The molecule has 8 heteroatoms. The first-order valence-electron chi connectivity index (χ1n) is 6.39. The third-order valence-electron chi connectivity index (χ3n) is 4.19. The lowest BCUT2D eigenvalue weighted by molar-refractivity contribution is 0.129. The average Bonchev–Trinajstić information content (AvgIpc) is 2.96. The number of fused-ring (bicyclic) bond motifs is 1. The third-order valence-corrected chi connectivity index (χ3v) is 6.68. The average molecular weight is 337 g/mol. The lowest BCUT2D eigenvalue weighted by atomic mass is 10.00. The molecule has 5 nitrogen and oxygen atoms in total. The van der Waals surface area contributed by atoms with E-state index < -0.39 is 16.1 Å². The summed E-state index contributed by atoms with van der Waals surface area (Å²) in [6, 6.07) is 1.32. The lowest BCUT2D eigenvalue weighted by Crippen LogP contribution is -2.31. The van der Waals surface area contributed by atoms with E-state index in [-0.39, 0.29) is 26.9 Å². The Hall–Kier alpha value is -0.400. The number of aromatic nitrogens is 1. The predicted molar refractivity (Wildman–Crippen MR) is 75.2 cm³/mol. The van der Waals surface area contributed by atoms with Crippen molar-refractivity contribution in [2.75, 3.05) is 13.1 Å². The van der Waals surface area contributed by atoms with Crippen LogP contribution in [0.3, 0.4) is 0 Å². The Bertz CT molecular complexity index is 638. The number of hydrogen-bond donors (Lipinski definition) is 1. The lowest BCUT2D eigenvalue weighted by Gasteiger charge is -2.18. The number of aliphatic hydroxyl groups is 1. The fourth-order valence-corrected chi connectivity index (χ4v) is 4.93. The molecule has 0 amide bonds. The molecule has 0 spiro atoms. The molecule has 1 aliphatic heterocycles. The molecule has 3 unspecified atom stereocenters. The van der Waals surface area contributed by atoms with Crippen LogP contribution in [0.1, 0.15) is 12.8 Å². The molecule has 1 aromatic heterocycles. The Labute approximate surface area is 127 Å². The van der Waals surface area contributed by atoms with E-state index in [9.17, 15) is 13.5 Å². The number of halogens is 2. The van der Waals surface area contributed by atoms with Gasteiger partial charge in [0.1, 0.15) is 10.0 Å². The van der Waals surface area contributed by atoms with Crippen LogP contribution in [0.5, 0.6) is 0 Å². The quantitative estimate of drug-likeness (QED) is 0.835. The van der Waals surface area contributed by atoms with E-state index in [0.29, 0.717) is 13.1 Å². The van der Waals surface area contributed by atoms with Gasteiger partial charge in [-0.1, -0.05) is 23.2 Å². The number of pyridine rings is 1. The molecule has 2 fully saturated rings. The van der Waals surface area contributed by atoms with E-state index in [1.807, 2.05) is 0 Å². The van der Waals surface area contributed by atoms with E-state index in [1.165, 1.54) is 16.6 Å². The fraction of sp³-hybridized carbons (Fsp3) is 0.583. The van der Waals surface area contributed by atoms with Gasteiger partial charge in [-0.25, -0.2) is 13.4 Å². The van der Waals surface area contributed by atoms with Crippen LogP contribution < -0.4 is 0 Å². The van der Waals surface area contributed by atoms with Crippen molar-refractivity contribution < 1.29 is 13.5 Å². The summed E-state index contributed by atoms with van der Waals surface area (Å²) >= 11 is 11.5. The van der Waals surface area contributed by atoms with Crippen LogP contribution in [0.4, 0.5) is 0 Å². The van der Waals surface area contributed by atoms with Crippen molar-refractivity contribution in [1.82, 2.24) is 9.29 Å². The van der Waals surface area contributed by atoms with Crippen molar-refractivity contribution in [3.63, 3.8) is 0 Å². The normalized spacial score (nSPS) is 30.6. The van der Waals surface area contributed by atoms with Crippen LogP contribution in [0.15, 0.2) is 17.2 Å². The molecular weight excluding hydrogens is 323 g/mol. The second-order valence-electron chi connectivity index (χ2n) is 5.33. The molecule has 0 bridgehead atoms. The van der Waals surface area contributed by atoms with Gasteiger partial charge >= 0.3 is 0 Å². The largest absolute Gasteiger partial charge is 0.393 e. The van der Waals surface area contributed by atoms with Gasteiger partial charge < -0.3 is 5.11 Å². The zero-order valence-corrected chi connectivity index (χ0v) is 12.9. The van der Waals surface area contributed by atoms with E-state index in [1.54, 1.807) is 0 Å². The highest BCUT2D eigenvalue weighted by Crippen LogP contribution is 2.40. The highest BCUT2D eigenvalue weighted by molar-refractivity contribution is 7.89. The van der Waals surface area contributed by atoms with E-state index >= 15 is 0 Å². The molecule has 1 N–H and O–H groups in total. The van der Waals surface area contributed by atoms with Crippen LogP contribution in [-0.4, -0.2) is 42.0 Å². The van der Waals surface area contributed by atoms with Gasteiger partial charge in [0, 0.05) is 25.2 Å². The maximum Gasteiger partial charge on any atom is 0.244 e. The molecule has 0 radical (unpaired) electrons. The van der Waals surface area contributed by atoms with Crippen molar-refractivity contribution in [3.05, 3.63) is 22.4 Å². The molecular formula is C12H14Cl2N2O3S. The van der Waals surface area contributed by atoms with Crippen molar-refractivity contribution in [1.29, 1.82) is 0 Å². The molecule has 1 aliphatic carbocycles. The first-order chi connectivity index (χ1) is 9.39. The number of hydrogen-bond acceptors (Lipinski definition) is 4. The summed E-state index contributed by atoms with van der Waals surface area (Å²) < 4.78 is 26.5. The predicted octanol–water partition coefficient (Wildman–Crippen LogP) is 1.78. The Morgan fingerprint density at radius 2 is 2.05 bits per heavy atom. The van der Waals surface area contributed by atoms with E-state index in [4.69, 9.17) is 23.2 Å². The van der Waals surface area contributed by atoms with Gasteiger partial charge in [0.15, 0.2) is 0 Å². The molecule has 3 rings (SSSR count). The van der Waals surface area contributed by atoms with Gasteiger partial charge in [-0.2, -0.15) is 4.31 Å². The fourth-order valence-electron chi connectivity index (χ4n) is 3.09. The Morgan fingerprint density at radius 3 is 2.70 bits per heavy atom. The topological polar surface area (TPSA) is 70.5 Å². The summed E-state index contributed by atoms with van der Waals surface area (Å²) in [5.41, 5.74) is 0. The van der Waals surface area contributed by atoms with Gasteiger partial charge in [-0.3, -0.25) is 0 Å². The van der Waals surface area contributed by atoms with Crippen LogP contribution in [0.2, 0.25) is 10.2 Å². The molecule has 2 aliphatic rings. The molecule has 1 saturated heterocycles. The van der Waals surface area contributed by atoms with Crippen molar-refractivity contribution in [2.24, 2.45) is 11.8 Å². The van der Waals surface area contributed by atoms with Gasteiger partial charge in [0.05, 0.1) is 11.1 Å². The molecule has 110 valence electrons. The van der Waals surface area contributed by atoms with E-state index in [0.717, 1.165) is 12.8 Å². The van der Waals surface area contributed by atoms with Crippen molar-refractivity contribution in [2.45, 2.75) is 23.8 Å². The first-order valence-corrected chi connectivity index (χ1v) is 8.58. The van der Waals surface area contributed by atoms with Crippen LogP contribution >= 0.6 is 23.2 Å². The second-order valence-corrected chi connectivity index (χ2v) is 8.04. The number of rotatable bonds is 2. The first kappa shape index (κ1) is 14.5. The van der Waals surface area contributed by atoms with Gasteiger partial charge in [0.2, 0.25) is 10.0 Å². The van der Waals surface area contributed by atoms with E-state index in [2.05, 4.69) is 4.98 Å². The molecule has 1 saturated carbocycles. The number of aliphatic hydroxyl groups excluding tert-OH is 1. The zero-order chi connectivity index (χ0) is 14.5. The summed E-state index contributed by atoms with van der Waals surface area (Å²) in [6.07, 6.45) is 2.45. The van der Waals surface area contributed by atoms with Gasteiger partial charge in [0.25, 0.3) is 0 Å². The van der Waals surface area contributed by atoms with Gasteiger partial charge in [-0.05, 0) is 24.8 Å². The maximum absolute atomic E-state index is 12.5. The minimum absolute atomic E-state index is 0.0421. The van der Waals surface area contributed by atoms with Crippen LogP contribution in [-0.2, 0) is 10.0 Å². The third kappa shape index (κ3) is 2.33. The highest BCUT2D eigenvalue weighted by Gasteiger charge is 2.45. The summed E-state index contributed by atoms with van der Waals surface area (Å²) in [6.45, 7) is 0.804. The summed E-state index contributed by atoms with van der Waals surface area (Å²) in [4.78, 5) is 3.82. The Kier molecular flexibility index (Phi) is 3.71. The Balaban J connectivity index is 1.88. The zero-order valence-electron chi connectivity index (χ0n) is 10.5. The smallest absolute Gasteiger partial charge is 0.244 e. The monoisotopic (exact) mass is 336 g/mol. The summed E-state index contributed by atoms with van der Waals surface area (Å²) in [7, 11) is -3.63. The summed E-state index contributed by atoms with van der Waals surface area (Å²) in [5, 5.41) is 10.1. The maximum atomic E-state index is 12.5. The van der Waals surface area contributed by atoms with Crippen molar-refractivity contribution in [3.8, 4) is 0 Å². The number of sulfonamides is 1. The Morgan fingerprint density at radius 1 is 1.30 bits per heavy atom. The SMILES string of the molecule is O=S(=O)(c1cnc(Cl)c(Cl)c1)N1CC2CCC(O)C2C1. The second kappa shape index (κ2) is 5.10. The molecule has 2 heterocycles. The molecule has 20 heavy (non-hydrogen) atoms. The standard InChI is InChI=1S/C12H14Cl2N2O3S/c13-10-3-8(4-15-12(10)14)20(18,19)16-5-7-1-2-11(17)9(7)6-16/h3-4,7,9,11,17H,1-2,5-6H2. The molecule has 1 aromatic rings. The number of nitrogens with zero attached hydrogens (tertiary/aromatic N) is 2. The minimum Gasteiger partial charge on any atom is -0.393 e. The molecule has 3 atom stereocenters. The van der Waals surface area contributed by atoms with Crippen molar-refractivity contribution >= 4 is 33.2 Å². The highest BCUT2D eigenvalue weighted by atomic mass is 35.5. The molecule has 0 aromatic carbocycles. The van der Waals surface area contributed by atoms with Crippen LogP contribution in [0.25, 0.3) is 0 Å². The van der Waals surface area contributed by atoms with Crippen LogP contribution in [0, 0.1) is 11.8 Å².